The van der Waals surface area contributed by atoms with Gasteiger partial charge in [0.15, 0.2) is 0 Å². The van der Waals surface area contributed by atoms with Crippen molar-refractivity contribution in [2.75, 3.05) is 0 Å². The van der Waals surface area contributed by atoms with Crippen LogP contribution in [0, 0.1) is 0 Å². The third kappa shape index (κ3) is 3.31. The van der Waals surface area contributed by atoms with E-state index in [-0.39, 0.29) is 18.2 Å². The first-order valence-electron chi connectivity index (χ1n) is 6.25. The van der Waals surface area contributed by atoms with Crippen molar-refractivity contribution in [1.29, 1.82) is 0 Å². The smallest absolute Gasteiger partial charge is 0.242 e. The number of nitrogens with one attached hydrogen (secondary N) is 2. The van der Waals surface area contributed by atoms with E-state index in [0.29, 0.717) is 6.42 Å². The van der Waals surface area contributed by atoms with E-state index in [1.807, 2.05) is 42.5 Å². The van der Waals surface area contributed by atoms with Crippen LogP contribution in [0.3, 0.4) is 0 Å². The Balaban J connectivity index is 2.09. The molecular weight excluding hydrogens is 240 g/mol. The molecule has 2 aromatic carbocycles. The van der Waals surface area contributed by atoms with E-state index in [2.05, 4.69) is 10.9 Å². The third-order valence-electron chi connectivity index (χ3n) is 2.89. The number of fused-ring (bicyclic) bond motifs is 1. The molecule has 0 saturated carbocycles. The largest absolute Gasteiger partial charge is 0.273 e. The lowest BCUT2D eigenvalue weighted by Crippen LogP contribution is -2.42. The molecule has 0 spiro atoms. The van der Waals surface area contributed by atoms with Crippen molar-refractivity contribution in [3.05, 3.63) is 48.0 Å². The molecule has 0 radical (unpaired) electrons. The number of amides is 2. The lowest BCUT2D eigenvalue weighted by molar-refractivity contribution is -0.128. The molecule has 0 heterocycles. The van der Waals surface area contributed by atoms with Crippen LogP contribution in [0.25, 0.3) is 10.8 Å². The van der Waals surface area contributed by atoms with Gasteiger partial charge in [-0.05, 0) is 16.3 Å². The second kappa shape index (κ2) is 6.00. The minimum Gasteiger partial charge on any atom is -0.273 e. The van der Waals surface area contributed by atoms with E-state index >= 15 is 0 Å². The number of hydrazine groups is 1. The van der Waals surface area contributed by atoms with Crippen LogP contribution in [0.4, 0.5) is 0 Å². The Kier molecular flexibility index (Phi) is 4.13. The molecule has 19 heavy (non-hydrogen) atoms. The summed E-state index contributed by atoms with van der Waals surface area (Å²) in [6.45, 7) is 1.73. The number of carbonyl (C=O) groups excluding carboxylic acids is 2. The van der Waals surface area contributed by atoms with Crippen molar-refractivity contribution in [3.63, 3.8) is 0 Å². The fraction of sp³-hybridized carbons (Fsp3) is 0.200. The molecule has 0 aliphatic rings. The summed E-state index contributed by atoms with van der Waals surface area (Å²) in [4.78, 5) is 22.8. The zero-order valence-electron chi connectivity index (χ0n) is 10.8. The predicted octanol–water partition coefficient (Wildman–Crippen LogP) is 1.94. The van der Waals surface area contributed by atoms with Crippen LogP contribution in [0.2, 0.25) is 0 Å². The van der Waals surface area contributed by atoms with E-state index < -0.39 is 0 Å². The number of hydrogen-bond acceptors (Lipinski definition) is 2. The first-order chi connectivity index (χ1) is 9.20. The van der Waals surface area contributed by atoms with Gasteiger partial charge in [0, 0.05) is 6.42 Å². The topological polar surface area (TPSA) is 58.2 Å². The van der Waals surface area contributed by atoms with Crippen molar-refractivity contribution in [1.82, 2.24) is 10.9 Å². The molecule has 4 heteroatoms. The Labute approximate surface area is 111 Å². The van der Waals surface area contributed by atoms with Crippen molar-refractivity contribution < 1.29 is 9.59 Å². The lowest BCUT2D eigenvalue weighted by atomic mass is 10.0. The van der Waals surface area contributed by atoms with Gasteiger partial charge in [-0.2, -0.15) is 0 Å². The van der Waals surface area contributed by atoms with Crippen molar-refractivity contribution in [2.24, 2.45) is 0 Å². The van der Waals surface area contributed by atoms with Crippen molar-refractivity contribution in [2.45, 2.75) is 19.8 Å². The molecule has 0 bridgehead atoms. The molecule has 2 rings (SSSR count). The van der Waals surface area contributed by atoms with E-state index in [9.17, 15) is 9.59 Å². The van der Waals surface area contributed by atoms with Crippen LogP contribution in [0.1, 0.15) is 18.9 Å². The Hall–Kier alpha value is -2.36. The van der Waals surface area contributed by atoms with Gasteiger partial charge < -0.3 is 0 Å². The highest BCUT2D eigenvalue weighted by Gasteiger charge is 2.07. The fourth-order valence-electron chi connectivity index (χ4n) is 1.89. The second-order valence-electron chi connectivity index (χ2n) is 4.26. The highest BCUT2D eigenvalue weighted by molar-refractivity contribution is 5.90. The predicted molar refractivity (Wildman–Crippen MR) is 74.2 cm³/mol. The summed E-state index contributed by atoms with van der Waals surface area (Å²) in [6.07, 6.45) is 0.583. The van der Waals surface area contributed by atoms with E-state index in [0.717, 1.165) is 16.3 Å². The normalized spacial score (nSPS) is 10.2. The standard InChI is InChI=1S/C15H16N2O2/c1-2-14(18)16-17-15(19)10-12-8-5-7-11-6-3-4-9-13(11)12/h3-9H,2,10H2,1H3,(H,16,18)(H,17,19). The Morgan fingerprint density at radius 3 is 2.42 bits per heavy atom. The molecule has 4 nitrogen and oxygen atoms in total. The Bertz CT molecular complexity index is 603. The van der Waals surface area contributed by atoms with Gasteiger partial charge in [-0.25, -0.2) is 0 Å². The molecule has 0 atom stereocenters. The van der Waals surface area contributed by atoms with Gasteiger partial charge in [-0.1, -0.05) is 49.4 Å². The number of carbonyl (C=O) groups is 2. The molecule has 0 fully saturated rings. The molecular formula is C15H16N2O2. The van der Waals surface area contributed by atoms with E-state index in [4.69, 9.17) is 0 Å². The molecule has 98 valence electrons. The van der Waals surface area contributed by atoms with Gasteiger partial charge in [-0.15, -0.1) is 0 Å². The van der Waals surface area contributed by atoms with E-state index in [1.54, 1.807) is 6.92 Å². The molecule has 0 aliphatic carbocycles. The first kappa shape index (κ1) is 13.1. The van der Waals surface area contributed by atoms with Crippen molar-refractivity contribution in [3.8, 4) is 0 Å². The summed E-state index contributed by atoms with van der Waals surface area (Å²) >= 11 is 0. The summed E-state index contributed by atoms with van der Waals surface area (Å²) in [7, 11) is 0. The van der Waals surface area contributed by atoms with Crippen LogP contribution in [0.15, 0.2) is 42.5 Å². The van der Waals surface area contributed by atoms with Crippen molar-refractivity contribution >= 4 is 22.6 Å². The lowest BCUT2D eigenvalue weighted by Gasteiger charge is -2.08. The zero-order valence-corrected chi connectivity index (χ0v) is 10.8. The van der Waals surface area contributed by atoms with Gasteiger partial charge in [0.25, 0.3) is 0 Å². The number of rotatable bonds is 3. The van der Waals surface area contributed by atoms with E-state index in [1.165, 1.54) is 0 Å². The van der Waals surface area contributed by atoms with Gasteiger partial charge in [0.2, 0.25) is 11.8 Å². The van der Waals surface area contributed by atoms with Crippen LogP contribution in [-0.2, 0) is 16.0 Å². The summed E-state index contributed by atoms with van der Waals surface area (Å²) in [5.74, 6) is -0.426. The maximum atomic E-state index is 11.8. The Morgan fingerprint density at radius 2 is 1.63 bits per heavy atom. The minimum absolute atomic E-state index is 0.203. The average molecular weight is 256 g/mol. The highest BCUT2D eigenvalue weighted by atomic mass is 16.2. The number of benzene rings is 2. The maximum Gasteiger partial charge on any atom is 0.242 e. The van der Waals surface area contributed by atoms with Crippen LogP contribution < -0.4 is 10.9 Å². The maximum absolute atomic E-state index is 11.8. The summed E-state index contributed by atoms with van der Waals surface area (Å²) in [5, 5.41) is 2.16. The molecule has 2 aromatic rings. The molecule has 2 N–H and O–H groups in total. The monoisotopic (exact) mass is 256 g/mol. The van der Waals surface area contributed by atoms with Gasteiger partial charge in [0.1, 0.15) is 0 Å². The fourth-order valence-corrected chi connectivity index (χ4v) is 1.89. The first-order valence-corrected chi connectivity index (χ1v) is 6.25. The molecule has 0 aromatic heterocycles. The van der Waals surface area contributed by atoms with Crippen LogP contribution in [0.5, 0.6) is 0 Å². The van der Waals surface area contributed by atoms with Gasteiger partial charge in [-0.3, -0.25) is 20.4 Å². The number of hydrogen-bond donors (Lipinski definition) is 2. The van der Waals surface area contributed by atoms with Gasteiger partial charge >= 0.3 is 0 Å². The molecule has 0 aliphatic heterocycles. The SMILES string of the molecule is CCC(=O)NNC(=O)Cc1cccc2ccccc12. The van der Waals surface area contributed by atoms with Crippen LogP contribution >= 0.6 is 0 Å². The average Bonchev–Trinajstić information content (AvgIpc) is 2.45. The quantitative estimate of drug-likeness (QED) is 0.824. The van der Waals surface area contributed by atoms with Crippen LogP contribution in [-0.4, -0.2) is 11.8 Å². The summed E-state index contributed by atoms with van der Waals surface area (Å²) in [6, 6.07) is 13.8. The molecule has 2 amide bonds. The third-order valence-corrected chi connectivity index (χ3v) is 2.89. The molecule has 0 saturated heterocycles. The molecule has 0 unspecified atom stereocenters. The summed E-state index contributed by atoms with van der Waals surface area (Å²) < 4.78 is 0. The highest BCUT2D eigenvalue weighted by Crippen LogP contribution is 2.18. The van der Waals surface area contributed by atoms with Gasteiger partial charge in [0.05, 0.1) is 6.42 Å². The Morgan fingerprint density at radius 1 is 0.947 bits per heavy atom. The second-order valence-corrected chi connectivity index (χ2v) is 4.26. The zero-order chi connectivity index (χ0) is 13.7. The minimum atomic E-state index is -0.224. The summed E-state index contributed by atoms with van der Waals surface area (Å²) in [5.41, 5.74) is 5.72.